The first-order valence-corrected chi connectivity index (χ1v) is 11.2. The normalized spacial score (nSPS) is 15.2. The Hall–Kier alpha value is -2.92. The summed E-state index contributed by atoms with van der Waals surface area (Å²) in [7, 11) is 0. The summed E-state index contributed by atoms with van der Waals surface area (Å²) in [5.74, 6) is 0.353. The maximum absolute atomic E-state index is 13.5. The number of fused-ring (bicyclic) bond motifs is 1. The zero-order chi connectivity index (χ0) is 21.5. The molecule has 3 aromatic carbocycles. The molecule has 0 spiro atoms. The maximum atomic E-state index is 13.5. The van der Waals surface area contributed by atoms with Crippen molar-refractivity contribution in [2.45, 2.75) is 6.92 Å². The molecule has 4 aromatic rings. The summed E-state index contributed by atoms with van der Waals surface area (Å²) in [6.07, 6.45) is 1.77. The van der Waals surface area contributed by atoms with Crippen LogP contribution in [0.3, 0.4) is 0 Å². The van der Waals surface area contributed by atoms with Gasteiger partial charge >= 0.3 is 0 Å². The molecule has 0 unspecified atom stereocenters. The van der Waals surface area contributed by atoms with E-state index in [-0.39, 0.29) is 5.91 Å². The van der Waals surface area contributed by atoms with E-state index in [1.165, 1.54) is 11.3 Å². The summed E-state index contributed by atoms with van der Waals surface area (Å²) in [6.45, 7) is 2.00. The van der Waals surface area contributed by atoms with Gasteiger partial charge in [-0.25, -0.2) is 4.99 Å². The monoisotopic (exact) mass is 462 g/mol. The fourth-order valence-electron chi connectivity index (χ4n) is 3.55. The zero-order valence-corrected chi connectivity index (χ0v) is 18.8. The predicted molar refractivity (Wildman–Crippen MR) is 131 cm³/mol. The van der Waals surface area contributed by atoms with Crippen LogP contribution in [-0.2, 0) is 4.79 Å². The Morgan fingerprint density at radius 2 is 1.74 bits per heavy atom. The molecule has 1 amide bonds. The number of thiophene rings is 1. The molecule has 0 saturated heterocycles. The van der Waals surface area contributed by atoms with Crippen LogP contribution in [-0.4, -0.2) is 11.7 Å². The second-order valence-corrected chi connectivity index (χ2v) is 9.10. The van der Waals surface area contributed by atoms with Crippen LogP contribution in [0.4, 0.5) is 5.69 Å². The average Bonchev–Trinajstić information content (AvgIpc) is 3.27. The minimum absolute atomic E-state index is 0.191. The van der Waals surface area contributed by atoms with E-state index in [0.717, 1.165) is 31.8 Å². The van der Waals surface area contributed by atoms with Crippen molar-refractivity contribution in [3.63, 3.8) is 0 Å². The molecule has 0 N–H and O–H groups in total. The smallest absolute Gasteiger partial charge is 0.266 e. The molecule has 6 heteroatoms. The highest BCUT2D eigenvalue weighted by molar-refractivity contribution is 7.21. The van der Waals surface area contributed by atoms with Crippen molar-refractivity contribution < 1.29 is 4.79 Å². The highest BCUT2D eigenvalue weighted by Gasteiger charge is 2.35. The predicted octanol–water partition coefficient (Wildman–Crippen LogP) is 7.35. The standard InChI is InChI=1S/C25H16Cl2N2OS/c1-15-5-4-6-18(13-15)29-24(23-22(27)19-7-2-3-8-21(19)31-23)28-20(25(29)30)14-16-9-11-17(26)12-10-16/h2-14H,1H3/b20-14+. The molecular formula is C25H16Cl2N2OS. The van der Waals surface area contributed by atoms with Gasteiger partial charge in [-0.2, -0.15) is 0 Å². The molecule has 0 saturated carbocycles. The number of anilines is 1. The van der Waals surface area contributed by atoms with Crippen LogP contribution < -0.4 is 4.90 Å². The van der Waals surface area contributed by atoms with E-state index < -0.39 is 0 Å². The van der Waals surface area contributed by atoms with Crippen molar-refractivity contribution in [1.82, 2.24) is 0 Å². The number of hydrogen-bond acceptors (Lipinski definition) is 3. The van der Waals surface area contributed by atoms with Crippen molar-refractivity contribution in [3.8, 4) is 0 Å². The molecule has 0 fully saturated rings. The van der Waals surface area contributed by atoms with Gasteiger partial charge in [-0.3, -0.25) is 9.69 Å². The zero-order valence-electron chi connectivity index (χ0n) is 16.5. The molecule has 1 aliphatic rings. The minimum Gasteiger partial charge on any atom is -0.266 e. The van der Waals surface area contributed by atoms with Gasteiger partial charge in [-0.05, 0) is 54.5 Å². The Labute approximate surface area is 193 Å². The molecule has 2 heterocycles. The number of amides is 1. The van der Waals surface area contributed by atoms with Crippen molar-refractivity contribution in [1.29, 1.82) is 0 Å². The van der Waals surface area contributed by atoms with Crippen LogP contribution in [0.25, 0.3) is 16.2 Å². The molecule has 0 radical (unpaired) electrons. The van der Waals surface area contributed by atoms with E-state index in [4.69, 9.17) is 28.2 Å². The molecular weight excluding hydrogens is 447 g/mol. The summed E-state index contributed by atoms with van der Waals surface area (Å²) in [6, 6.07) is 23.1. The fourth-order valence-corrected chi connectivity index (χ4v) is 5.17. The topological polar surface area (TPSA) is 32.7 Å². The summed E-state index contributed by atoms with van der Waals surface area (Å²) >= 11 is 14.3. The van der Waals surface area contributed by atoms with Crippen LogP contribution >= 0.6 is 34.5 Å². The van der Waals surface area contributed by atoms with Crippen LogP contribution in [0, 0.1) is 6.92 Å². The number of amidine groups is 1. The lowest BCUT2D eigenvalue weighted by atomic mass is 10.1. The van der Waals surface area contributed by atoms with Gasteiger partial charge in [-0.15, -0.1) is 11.3 Å². The molecule has 1 aromatic heterocycles. The number of carbonyl (C=O) groups is 1. The van der Waals surface area contributed by atoms with Gasteiger partial charge in [0.2, 0.25) is 0 Å². The molecule has 3 nitrogen and oxygen atoms in total. The van der Waals surface area contributed by atoms with E-state index in [9.17, 15) is 4.79 Å². The van der Waals surface area contributed by atoms with Gasteiger partial charge in [0, 0.05) is 15.1 Å². The second-order valence-electron chi connectivity index (χ2n) is 7.24. The number of carbonyl (C=O) groups excluding carboxylic acids is 1. The maximum Gasteiger partial charge on any atom is 0.282 e. The van der Waals surface area contributed by atoms with Crippen molar-refractivity contribution in [3.05, 3.63) is 105 Å². The van der Waals surface area contributed by atoms with Gasteiger partial charge in [0.25, 0.3) is 5.91 Å². The summed E-state index contributed by atoms with van der Waals surface area (Å²) in [4.78, 5) is 20.6. The molecule has 152 valence electrons. The molecule has 0 aliphatic carbocycles. The number of aliphatic imine (C=N–C) groups is 1. The van der Waals surface area contributed by atoms with Crippen LogP contribution in [0.15, 0.2) is 83.5 Å². The first-order chi connectivity index (χ1) is 15.0. The number of rotatable bonds is 3. The molecule has 1 aliphatic heterocycles. The quantitative estimate of drug-likeness (QED) is 0.293. The van der Waals surface area contributed by atoms with Crippen molar-refractivity contribution in [2.75, 3.05) is 4.90 Å². The SMILES string of the molecule is Cc1cccc(N2C(=O)/C(=C\c3ccc(Cl)cc3)N=C2c2sc3ccccc3c2Cl)c1. The molecule has 0 atom stereocenters. The van der Waals surface area contributed by atoms with Gasteiger partial charge in [0.1, 0.15) is 5.70 Å². The Morgan fingerprint density at radius 1 is 0.968 bits per heavy atom. The van der Waals surface area contributed by atoms with Crippen LogP contribution in [0.1, 0.15) is 16.0 Å². The lowest BCUT2D eigenvalue weighted by Gasteiger charge is -2.18. The summed E-state index contributed by atoms with van der Waals surface area (Å²) in [5.41, 5.74) is 3.02. The fraction of sp³-hybridized carbons (Fsp3) is 0.0400. The van der Waals surface area contributed by atoms with Gasteiger partial charge < -0.3 is 0 Å². The Kier molecular flexibility index (Phi) is 5.14. The Bertz CT molecular complexity index is 1390. The van der Waals surface area contributed by atoms with Crippen LogP contribution in [0.2, 0.25) is 10.0 Å². The number of benzene rings is 3. The first kappa shape index (κ1) is 20.0. The second kappa shape index (κ2) is 7.97. The third kappa shape index (κ3) is 3.68. The van der Waals surface area contributed by atoms with E-state index in [1.807, 2.05) is 67.6 Å². The number of hydrogen-bond donors (Lipinski definition) is 0. The summed E-state index contributed by atoms with van der Waals surface area (Å²) in [5, 5.41) is 2.21. The molecule has 0 bridgehead atoms. The van der Waals surface area contributed by atoms with Crippen molar-refractivity contribution in [2.24, 2.45) is 4.99 Å². The third-order valence-electron chi connectivity index (χ3n) is 5.03. The largest absolute Gasteiger partial charge is 0.282 e. The van der Waals surface area contributed by atoms with Gasteiger partial charge in [0.15, 0.2) is 5.84 Å². The molecule has 5 rings (SSSR count). The van der Waals surface area contributed by atoms with Crippen molar-refractivity contribution >= 4 is 68.1 Å². The lowest BCUT2D eigenvalue weighted by Crippen LogP contribution is -2.32. The number of nitrogens with zero attached hydrogens (tertiary/aromatic N) is 2. The molecule has 31 heavy (non-hydrogen) atoms. The Morgan fingerprint density at radius 3 is 2.48 bits per heavy atom. The average molecular weight is 463 g/mol. The number of aryl methyl sites for hydroxylation is 1. The van der Waals surface area contributed by atoms with E-state index in [2.05, 4.69) is 0 Å². The van der Waals surface area contributed by atoms with E-state index in [0.29, 0.717) is 21.6 Å². The number of halogens is 2. The third-order valence-corrected chi connectivity index (χ3v) is 6.95. The van der Waals surface area contributed by atoms with Gasteiger partial charge in [0.05, 0.1) is 15.6 Å². The van der Waals surface area contributed by atoms with E-state index in [1.54, 1.807) is 23.1 Å². The van der Waals surface area contributed by atoms with Gasteiger partial charge in [-0.1, -0.05) is 65.7 Å². The Balaban J connectivity index is 1.69. The van der Waals surface area contributed by atoms with Crippen LogP contribution in [0.5, 0.6) is 0 Å². The highest BCUT2D eigenvalue weighted by atomic mass is 35.5. The lowest BCUT2D eigenvalue weighted by molar-refractivity contribution is -0.113. The summed E-state index contributed by atoms with van der Waals surface area (Å²) < 4.78 is 1.05. The van der Waals surface area contributed by atoms with E-state index >= 15 is 0 Å². The minimum atomic E-state index is -0.191. The first-order valence-electron chi connectivity index (χ1n) is 9.66. The highest BCUT2D eigenvalue weighted by Crippen LogP contribution is 2.39.